The first-order valence-electron chi connectivity index (χ1n) is 13.6. The number of aromatic nitrogens is 2. The van der Waals surface area contributed by atoms with Gasteiger partial charge in [-0.25, -0.2) is 19.6 Å². The molecule has 0 unspecified atom stereocenters. The molecule has 2 aliphatic heterocycles. The van der Waals surface area contributed by atoms with Gasteiger partial charge >= 0.3 is 12.2 Å². The monoisotopic (exact) mass is 556 g/mol. The Balaban J connectivity index is 0.000000220. The second kappa shape index (κ2) is 12.9. The van der Waals surface area contributed by atoms with Gasteiger partial charge in [0.1, 0.15) is 22.8 Å². The van der Waals surface area contributed by atoms with Crippen molar-refractivity contribution in [1.82, 2.24) is 19.8 Å². The molecular formula is C28H44N8O4. The van der Waals surface area contributed by atoms with Crippen molar-refractivity contribution < 1.29 is 19.1 Å². The van der Waals surface area contributed by atoms with Gasteiger partial charge in [0.2, 0.25) is 0 Å². The summed E-state index contributed by atoms with van der Waals surface area (Å²) in [7, 11) is 0. The highest BCUT2D eigenvalue weighted by Crippen LogP contribution is 2.19. The number of nitrogens with two attached hydrogens (primary N) is 2. The van der Waals surface area contributed by atoms with Crippen LogP contribution in [0, 0.1) is 0 Å². The van der Waals surface area contributed by atoms with Crippen molar-refractivity contribution in [3.8, 4) is 0 Å². The molecule has 2 aromatic rings. The second-order valence-electron chi connectivity index (χ2n) is 11.8. The summed E-state index contributed by atoms with van der Waals surface area (Å²) in [6, 6.07) is 7.47. The van der Waals surface area contributed by atoms with Crippen molar-refractivity contribution >= 4 is 35.2 Å². The zero-order valence-corrected chi connectivity index (χ0v) is 24.6. The number of piperazine rings is 2. The number of ether oxygens (including phenoxy) is 2. The molecule has 4 heterocycles. The maximum Gasteiger partial charge on any atom is 0.410 e. The maximum absolute atomic E-state index is 12.0. The summed E-state index contributed by atoms with van der Waals surface area (Å²) in [5.74, 6) is 1.41. The van der Waals surface area contributed by atoms with Gasteiger partial charge in [0.25, 0.3) is 0 Å². The fourth-order valence-electron chi connectivity index (χ4n) is 4.09. The molecule has 0 aromatic carbocycles. The molecule has 40 heavy (non-hydrogen) atoms. The van der Waals surface area contributed by atoms with Crippen LogP contribution < -0.4 is 21.3 Å². The predicted octanol–water partition coefficient (Wildman–Crippen LogP) is 3.44. The number of carbonyl (C=O) groups excluding carboxylic acids is 2. The topological polar surface area (TPSA) is 143 Å². The largest absolute Gasteiger partial charge is 0.444 e. The molecule has 12 heteroatoms. The van der Waals surface area contributed by atoms with Gasteiger partial charge in [0.05, 0.1) is 23.8 Å². The Hall–Kier alpha value is -3.96. The van der Waals surface area contributed by atoms with Crippen LogP contribution in [-0.2, 0) is 9.47 Å². The van der Waals surface area contributed by atoms with E-state index >= 15 is 0 Å². The number of rotatable bonds is 2. The number of hydrogen-bond donors (Lipinski definition) is 2. The molecule has 0 saturated carbocycles. The molecule has 2 aliphatic rings. The summed E-state index contributed by atoms with van der Waals surface area (Å²) in [6.07, 6.45) is 2.92. The van der Waals surface area contributed by atoms with Crippen molar-refractivity contribution in [2.24, 2.45) is 0 Å². The van der Waals surface area contributed by atoms with Gasteiger partial charge < -0.3 is 40.5 Å². The van der Waals surface area contributed by atoms with E-state index in [1.165, 1.54) is 0 Å². The normalized spacial score (nSPS) is 16.1. The molecule has 0 spiro atoms. The van der Waals surface area contributed by atoms with Crippen molar-refractivity contribution in [2.45, 2.75) is 52.7 Å². The first kappa shape index (κ1) is 30.6. The van der Waals surface area contributed by atoms with Crippen LogP contribution in [0.25, 0.3) is 0 Å². The Morgan fingerprint density at radius 2 is 1.18 bits per heavy atom. The minimum Gasteiger partial charge on any atom is -0.444 e. The van der Waals surface area contributed by atoms with Gasteiger partial charge in [-0.1, -0.05) is 0 Å². The zero-order valence-electron chi connectivity index (χ0n) is 24.6. The third-order valence-corrected chi connectivity index (χ3v) is 6.09. The predicted molar refractivity (Wildman–Crippen MR) is 157 cm³/mol. The van der Waals surface area contributed by atoms with Crippen molar-refractivity contribution in [2.75, 3.05) is 73.6 Å². The van der Waals surface area contributed by atoms with Gasteiger partial charge in [-0.3, -0.25) is 0 Å². The van der Waals surface area contributed by atoms with Crippen LogP contribution in [0.1, 0.15) is 41.5 Å². The van der Waals surface area contributed by atoms with E-state index < -0.39 is 11.2 Å². The lowest BCUT2D eigenvalue weighted by molar-refractivity contribution is 0.0230. The highest BCUT2D eigenvalue weighted by atomic mass is 16.6. The molecule has 2 aromatic heterocycles. The first-order chi connectivity index (χ1) is 18.7. The molecule has 0 bridgehead atoms. The zero-order chi connectivity index (χ0) is 29.5. The van der Waals surface area contributed by atoms with Crippen molar-refractivity contribution in [1.29, 1.82) is 0 Å². The average Bonchev–Trinajstić information content (AvgIpc) is 2.88. The van der Waals surface area contributed by atoms with Gasteiger partial charge in [-0.2, -0.15) is 0 Å². The molecular weight excluding hydrogens is 512 g/mol. The summed E-state index contributed by atoms with van der Waals surface area (Å²) in [6.45, 7) is 16.9. The van der Waals surface area contributed by atoms with Crippen LogP contribution >= 0.6 is 0 Å². The third kappa shape index (κ3) is 9.65. The van der Waals surface area contributed by atoms with E-state index in [4.69, 9.17) is 20.9 Å². The Morgan fingerprint density at radius 1 is 0.675 bits per heavy atom. The van der Waals surface area contributed by atoms with E-state index in [9.17, 15) is 9.59 Å². The molecule has 2 amide bonds. The Bertz CT molecular complexity index is 1010. The van der Waals surface area contributed by atoms with Gasteiger partial charge in [0, 0.05) is 52.4 Å². The average molecular weight is 557 g/mol. The summed E-state index contributed by atoms with van der Waals surface area (Å²) in [4.78, 5) is 40.1. The Kier molecular flexibility index (Phi) is 9.88. The lowest BCUT2D eigenvalue weighted by Crippen LogP contribution is -2.50. The van der Waals surface area contributed by atoms with Crippen LogP contribution in [0.2, 0.25) is 0 Å². The van der Waals surface area contributed by atoms with Crippen LogP contribution in [0.4, 0.5) is 32.6 Å². The fraction of sp³-hybridized carbons (Fsp3) is 0.571. The molecule has 4 N–H and O–H groups in total. The number of anilines is 4. The number of nitrogen functional groups attached to an aromatic ring is 2. The molecule has 0 radical (unpaired) electrons. The standard InChI is InChI=1S/2C14H22N4O2/c1-14(2,3)20-13(19)18-8-6-17(7-9-18)11-4-5-12(15)16-10-11;1-14(2,3)20-13(19)18-8-6-17(7-9-18)12-5-4-11(15)10-16-12/h4-5,10H,6-9H2,1-3H3,(H2,15,16);4-5,10H,6-9,15H2,1-3H3. The Labute approximate surface area is 237 Å². The summed E-state index contributed by atoms with van der Waals surface area (Å²) >= 11 is 0. The molecule has 2 fully saturated rings. The minimum absolute atomic E-state index is 0.243. The van der Waals surface area contributed by atoms with Crippen molar-refractivity contribution in [3.05, 3.63) is 36.7 Å². The molecule has 0 aliphatic carbocycles. The lowest BCUT2D eigenvalue weighted by Gasteiger charge is -2.36. The number of pyridine rings is 2. The second-order valence-corrected chi connectivity index (χ2v) is 11.8. The van der Waals surface area contributed by atoms with Gasteiger partial charge in [-0.15, -0.1) is 0 Å². The van der Waals surface area contributed by atoms with Gasteiger partial charge in [-0.05, 0) is 65.8 Å². The third-order valence-electron chi connectivity index (χ3n) is 6.09. The Morgan fingerprint density at radius 3 is 1.57 bits per heavy atom. The van der Waals surface area contributed by atoms with E-state index in [0.717, 1.165) is 37.7 Å². The van der Waals surface area contributed by atoms with Crippen molar-refractivity contribution in [3.63, 3.8) is 0 Å². The summed E-state index contributed by atoms with van der Waals surface area (Å²) in [5.41, 5.74) is 12.0. The van der Waals surface area contributed by atoms with Gasteiger partial charge in [0.15, 0.2) is 0 Å². The SMILES string of the molecule is CC(C)(C)OC(=O)N1CCN(c2ccc(N)cn2)CC1.CC(C)(C)OC(=O)N1CCN(c2ccc(N)nc2)CC1. The van der Waals surface area contributed by atoms with E-state index in [1.807, 2.05) is 59.7 Å². The smallest absolute Gasteiger partial charge is 0.410 e. The summed E-state index contributed by atoms with van der Waals surface area (Å²) < 4.78 is 10.7. The van der Waals surface area contributed by atoms with Crippen LogP contribution in [0.3, 0.4) is 0 Å². The van der Waals surface area contributed by atoms with Crippen LogP contribution in [-0.4, -0.2) is 95.5 Å². The number of amides is 2. The lowest BCUT2D eigenvalue weighted by atomic mass is 10.2. The molecule has 4 rings (SSSR count). The molecule has 0 atom stereocenters. The quantitative estimate of drug-likeness (QED) is 0.564. The number of carbonyl (C=O) groups is 2. The van der Waals surface area contributed by atoms with E-state index in [2.05, 4.69) is 19.8 Å². The molecule has 12 nitrogen and oxygen atoms in total. The maximum atomic E-state index is 12.0. The summed E-state index contributed by atoms with van der Waals surface area (Å²) in [5, 5.41) is 0. The fourth-order valence-corrected chi connectivity index (χ4v) is 4.09. The number of hydrogen-bond acceptors (Lipinski definition) is 10. The van der Waals surface area contributed by atoms with E-state index in [0.29, 0.717) is 37.7 Å². The highest BCUT2D eigenvalue weighted by Gasteiger charge is 2.27. The minimum atomic E-state index is -0.452. The van der Waals surface area contributed by atoms with E-state index in [1.54, 1.807) is 28.3 Å². The first-order valence-corrected chi connectivity index (χ1v) is 13.6. The molecule has 220 valence electrons. The highest BCUT2D eigenvalue weighted by molar-refractivity contribution is 5.69. The van der Waals surface area contributed by atoms with E-state index in [-0.39, 0.29) is 12.2 Å². The number of nitrogens with zero attached hydrogens (tertiary/aromatic N) is 6. The molecule has 2 saturated heterocycles. The van der Waals surface area contributed by atoms with Crippen LogP contribution in [0.5, 0.6) is 0 Å². The van der Waals surface area contributed by atoms with Crippen LogP contribution in [0.15, 0.2) is 36.7 Å².